The SMILES string of the molecule is Cc1nn(-c2ccc(N)c3cc(Br)cnc23)c(C)c1Cl. The molecule has 0 amide bonds. The lowest BCUT2D eigenvalue weighted by molar-refractivity contribution is 0.837. The number of anilines is 1. The second-order valence-corrected chi connectivity index (χ2v) is 5.91. The molecule has 3 aromatic rings. The van der Waals surface area contributed by atoms with Crippen molar-refractivity contribution < 1.29 is 0 Å². The molecular formula is C14H12BrClN4. The van der Waals surface area contributed by atoms with Gasteiger partial charge in [0, 0.05) is 21.7 Å². The van der Waals surface area contributed by atoms with Gasteiger partial charge in [0.2, 0.25) is 0 Å². The number of hydrogen-bond donors (Lipinski definition) is 1. The Morgan fingerprint density at radius 1 is 1.30 bits per heavy atom. The molecule has 0 spiro atoms. The lowest BCUT2D eigenvalue weighted by Crippen LogP contribution is -2.02. The van der Waals surface area contributed by atoms with Crippen molar-refractivity contribution in [2.45, 2.75) is 13.8 Å². The molecular weight excluding hydrogens is 340 g/mol. The number of hydrogen-bond acceptors (Lipinski definition) is 3. The van der Waals surface area contributed by atoms with Gasteiger partial charge in [-0.25, -0.2) is 4.68 Å². The van der Waals surface area contributed by atoms with Gasteiger partial charge >= 0.3 is 0 Å². The molecule has 0 aliphatic rings. The predicted molar refractivity (Wildman–Crippen MR) is 85.5 cm³/mol. The van der Waals surface area contributed by atoms with Crippen LogP contribution >= 0.6 is 27.5 Å². The van der Waals surface area contributed by atoms with Crippen LogP contribution in [0.25, 0.3) is 16.6 Å². The van der Waals surface area contributed by atoms with Crippen LogP contribution in [0.2, 0.25) is 5.02 Å². The van der Waals surface area contributed by atoms with Crippen LogP contribution in [0.1, 0.15) is 11.4 Å². The summed E-state index contributed by atoms with van der Waals surface area (Å²) in [6, 6.07) is 5.72. The number of pyridine rings is 1. The van der Waals surface area contributed by atoms with Crippen LogP contribution in [0.3, 0.4) is 0 Å². The van der Waals surface area contributed by atoms with Gasteiger partial charge in [0.15, 0.2) is 0 Å². The molecule has 4 nitrogen and oxygen atoms in total. The third kappa shape index (κ3) is 1.98. The van der Waals surface area contributed by atoms with E-state index in [-0.39, 0.29) is 0 Å². The Hall–Kier alpha value is -1.59. The first kappa shape index (κ1) is 13.4. The van der Waals surface area contributed by atoms with E-state index in [9.17, 15) is 0 Å². The first-order chi connectivity index (χ1) is 9.49. The molecule has 0 atom stereocenters. The molecule has 0 saturated heterocycles. The van der Waals surface area contributed by atoms with E-state index in [1.807, 2.05) is 32.0 Å². The number of halogens is 2. The van der Waals surface area contributed by atoms with Gasteiger partial charge < -0.3 is 5.73 Å². The minimum absolute atomic E-state index is 0.673. The number of nitrogens with zero attached hydrogens (tertiary/aromatic N) is 3. The van der Waals surface area contributed by atoms with E-state index < -0.39 is 0 Å². The lowest BCUT2D eigenvalue weighted by atomic mass is 10.1. The van der Waals surface area contributed by atoms with Crippen LogP contribution in [-0.2, 0) is 0 Å². The number of nitrogen functional groups attached to an aromatic ring is 1. The van der Waals surface area contributed by atoms with Gasteiger partial charge in [-0.1, -0.05) is 11.6 Å². The highest BCUT2D eigenvalue weighted by Gasteiger charge is 2.14. The Morgan fingerprint density at radius 2 is 2.05 bits per heavy atom. The summed E-state index contributed by atoms with van der Waals surface area (Å²) in [7, 11) is 0. The fraction of sp³-hybridized carbons (Fsp3) is 0.143. The summed E-state index contributed by atoms with van der Waals surface area (Å²) in [5.74, 6) is 0. The molecule has 20 heavy (non-hydrogen) atoms. The van der Waals surface area contributed by atoms with Crippen molar-refractivity contribution in [2.24, 2.45) is 0 Å². The quantitative estimate of drug-likeness (QED) is 0.673. The fourth-order valence-electron chi connectivity index (χ4n) is 2.23. The van der Waals surface area contributed by atoms with Crippen molar-refractivity contribution in [3.63, 3.8) is 0 Å². The summed E-state index contributed by atoms with van der Waals surface area (Å²) >= 11 is 9.64. The first-order valence-electron chi connectivity index (χ1n) is 6.05. The third-order valence-corrected chi connectivity index (χ3v) is 4.24. The molecule has 0 aliphatic heterocycles. The van der Waals surface area contributed by atoms with E-state index in [0.29, 0.717) is 10.7 Å². The average Bonchev–Trinajstić information content (AvgIpc) is 2.68. The number of benzene rings is 1. The maximum absolute atomic E-state index is 6.22. The molecule has 0 saturated carbocycles. The fourth-order valence-corrected chi connectivity index (χ4v) is 2.68. The Balaban J connectivity index is 2.37. The van der Waals surface area contributed by atoms with Crippen molar-refractivity contribution in [3.05, 3.63) is 45.3 Å². The molecule has 2 heterocycles. The minimum Gasteiger partial charge on any atom is -0.398 e. The number of rotatable bonds is 1. The molecule has 0 bridgehead atoms. The zero-order chi connectivity index (χ0) is 14.4. The van der Waals surface area contributed by atoms with Gasteiger partial charge in [-0.2, -0.15) is 5.10 Å². The van der Waals surface area contributed by atoms with E-state index in [2.05, 4.69) is 26.0 Å². The topological polar surface area (TPSA) is 56.7 Å². The summed E-state index contributed by atoms with van der Waals surface area (Å²) in [4.78, 5) is 4.47. The van der Waals surface area contributed by atoms with Gasteiger partial charge in [-0.05, 0) is 48.0 Å². The number of nitrogens with two attached hydrogens (primary N) is 1. The molecule has 1 aromatic carbocycles. The normalized spacial score (nSPS) is 11.2. The van der Waals surface area contributed by atoms with Gasteiger partial charge in [0.1, 0.15) is 0 Å². The Bertz CT molecular complexity index is 826. The number of aryl methyl sites for hydroxylation is 1. The molecule has 0 fully saturated rings. The zero-order valence-electron chi connectivity index (χ0n) is 11.0. The lowest BCUT2D eigenvalue weighted by Gasteiger charge is -2.10. The largest absolute Gasteiger partial charge is 0.398 e. The molecule has 0 aliphatic carbocycles. The summed E-state index contributed by atoms with van der Waals surface area (Å²) in [5, 5.41) is 6.04. The maximum Gasteiger partial charge on any atom is 0.0980 e. The Kier molecular flexibility index (Phi) is 3.18. The Morgan fingerprint density at radius 3 is 2.70 bits per heavy atom. The summed E-state index contributed by atoms with van der Waals surface area (Å²) < 4.78 is 2.70. The highest BCUT2D eigenvalue weighted by molar-refractivity contribution is 9.10. The van der Waals surface area contributed by atoms with Gasteiger partial charge in [0.25, 0.3) is 0 Å². The highest BCUT2D eigenvalue weighted by Crippen LogP contribution is 2.30. The van der Waals surface area contributed by atoms with Crippen LogP contribution in [0.5, 0.6) is 0 Å². The van der Waals surface area contributed by atoms with Gasteiger partial charge in [-0.3, -0.25) is 4.98 Å². The summed E-state index contributed by atoms with van der Waals surface area (Å²) in [5.41, 5.74) is 10.1. The molecule has 2 aromatic heterocycles. The standard InChI is InChI=1S/C14H12BrClN4/c1-7-13(16)8(2)20(19-7)12-4-3-11(17)10-5-9(15)6-18-14(10)12/h3-6H,17H2,1-2H3. The molecule has 2 N–H and O–H groups in total. The molecule has 0 radical (unpaired) electrons. The van der Waals surface area contributed by atoms with Gasteiger partial charge in [-0.15, -0.1) is 0 Å². The van der Waals surface area contributed by atoms with Crippen molar-refractivity contribution in [1.29, 1.82) is 0 Å². The van der Waals surface area contributed by atoms with E-state index >= 15 is 0 Å². The molecule has 102 valence electrons. The van der Waals surface area contributed by atoms with Crippen LogP contribution in [0.15, 0.2) is 28.9 Å². The van der Waals surface area contributed by atoms with Crippen LogP contribution in [0, 0.1) is 13.8 Å². The van der Waals surface area contributed by atoms with Gasteiger partial charge in [0.05, 0.1) is 27.6 Å². The molecule has 6 heteroatoms. The second kappa shape index (κ2) is 4.75. The number of fused-ring (bicyclic) bond motifs is 1. The van der Waals surface area contributed by atoms with E-state index in [0.717, 1.165) is 32.5 Å². The smallest absolute Gasteiger partial charge is 0.0980 e. The average molecular weight is 352 g/mol. The summed E-state index contributed by atoms with van der Waals surface area (Å²) in [6.07, 6.45) is 1.75. The monoisotopic (exact) mass is 350 g/mol. The minimum atomic E-state index is 0.673. The first-order valence-corrected chi connectivity index (χ1v) is 7.22. The van der Waals surface area contributed by atoms with Crippen molar-refractivity contribution in [1.82, 2.24) is 14.8 Å². The molecule has 0 unspecified atom stereocenters. The van der Waals surface area contributed by atoms with Crippen LogP contribution in [-0.4, -0.2) is 14.8 Å². The summed E-state index contributed by atoms with van der Waals surface area (Å²) in [6.45, 7) is 3.82. The second-order valence-electron chi connectivity index (χ2n) is 4.62. The van der Waals surface area contributed by atoms with Crippen molar-refractivity contribution >= 4 is 44.1 Å². The zero-order valence-corrected chi connectivity index (χ0v) is 13.3. The third-order valence-electron chi connectivity index (χ3n) is 3.26. The van der Waals surface area contributed by atoms with E-state index in [1.54, 1.807) is 10.9 Å². The number of aromatic nitrogens is 3. The maximum atomic E-state index is 6.22. The van der Waals surface area contributed by atoms with Crippen molar-refractivity contribution in [2.75, 3.05) is 5.73 Å². The van der Waals surface area contributed by atoms with E-state index in [4.69, 9.17) is 17.3 Å². The highest BCUT2D eigenvalue weighted by atomic mass is 79.9. The Labute approximate surface area is 129 Å². The van der Waals surface area contributed by atoms with Crippen LogP contribution < -0.4 is 5.73 Å². The van der Waals surface area contributed by atoms with Crippen LogP contribution in [0.4, 0.5) is 5.69 Å². The van der Waals surface area contributed by atoms with Crippen molar-refractivity contribution in [3.8, 4) is 5.69 Å². The predicted octanol–water partition coefficient (Wildman–Crippen LogP) is 4.04. The van der Waals surface area contributed by atoms with E-state index in [1.165, 1.54) is 0 Å². The molecule has 3 rings (SSSR count).